The fourth-order valence-corrected chi connectivity index (χ4v) is 1.42. The first-order chi connectivity index (χ1) is 8.41. The Kier molecular flexibility index (Phi) is 5.49. The van der Waals surface area contributed by atoms with Gasteiger partial charge in [0.2, 0.25) is 0 Å². The first-order valence-electron chi connectivity index (χ1n) is 5.44. The number of hydrogen-bond acceptors (Lipinski definition) is 4. The summed E-state index contributed by atoms with van der Waals surface area (Å²) in [6.45, 7) is 2.47. The van der Waals surface area contributed by atoms with Crippen LogP contribution in [0.3, 0.4) is 0 Å². The van der Waals surface area contributed by atoms with Crippen LogP contribution in [0.15, 0.2) is 24.3 Å². The van der Waals surface area contributed by atoms with Crippen LogP contribution in [0.25, 0.3) is 0 Å². The van der Waals surface area contributed by atoms with Crippen molar-refractivity contribution in [2.24, 2.45) is 0 Å². The number of morpholine rings is 1. The van der Waals surface area contributed by atoms with E-state index >= 15 is 0 Å². The van der Waals surface area contributed by atoms with Crippen molar-refractivity contribution in [3.05, 3.63) is 44.6 Å². The minimum atomic E-state index is -0.462. The van der Waals surface area contributed by atoms with Gasteiger partial charge in [-0.05, 0) is 12.1 Å². The summed E-state index contributed by atoms with van der Waals surface area (Å²) in [4.78, 5) is 9.61. The first kappa shape index (κ1) is 14.8. The van der Waals surface area contributed by atoms with Crippen molar-refractivity contribution >= 4 is 17.3 Å². The molecule has 0 radical (unpaired) electrons. The Morgan fingerprint density at radius 2 is 1.78 bits per heavy atom. The second-order valence-electron chi connectivity index (χ2n) is 4.09. The molecule has 100 valence electrons. The van der Waals surface area contributed by atoms with Crippen LogP contribution in [0.4, 0.5) is 5.69 Å². The maximum atomic E-state index is 11.0. The van der Waals surface area contributed by atoms with Crippen molar-refractivity contribution in [3.63, 3.8) is 0 Å². The molecule has 1 fully saturated rings. The van der Waals surface area contributed by atoms with Crippen LogP contribution in [-0.2, 0) is 4.74 Å². The molecule has 0 N–H and O–H groups in total. The molecule has 1 aromatic carbocycles. The molecule has 7 heteroatoms. The van der Waals surface area contributed by atoms with E-state index < -0.39 is 4.92 Å². The number of nitro benzene ring substituents is 1. The SMILES string of the molecule is C[N+]1([O-])CCOCC1.O=[N+]([O-])c1ccc(Cl)cc1. The maximum Gasteiger partial charge on any atom is 0.269 e. The number of rotatable bonds is 1. The third-order valence-electron chi connectivity index (χ3n) is 2.45. The van der Waals surface area contributed by atoms with E-state index in [1.807, 2.05) is 0 Å². The molecule has 18 heavy (non-hydrogen) atoms. The van der Waals surface area contributed by atoms with Gasteiger partial charge in [-0.2, -0.15) is 0 Å². The van der Waals surface area contributed by atoms with Gasteiger partial charge in [0.1, 0.15) is 13.1 Å². The van der Waals surface area contributed by atoms with Crippen LogP contribution in [-0.4, -0.2) is 42.9 Å². The molecule has 0 aromatic heterocycles. The predicted molar refractivity (Wildman–Crippen MR) is 68.2 cm³/mol. The molecule has 1 aromatic rings. The lowest BCUT2D eigenvalue weighted by Gasteiger charge is -2.41. The number of non-ortho nitro benzene ring substituents is 1. The summed E-state index contributed by atoms with van der Waals surface area (Å²) in [5, 5.41) is 21.6. The van der Waals surface area contributed by atoms with Gasteiger partial charge in [-0.25, -0.2) is 0 Å². The Morgan fingerprint density at radius 3 is 2.11 bits per heavy atom. The van der Waals surface area contributed by atoms with E-state index in [9.17, 15) is 15.3 Å². The van der Waals surface area contributed by atoms with Gasteiger partial charge in [0.25, 0.3) is 5.69 Å². The van der Waals surface area contributed by atoms with E-state index in [2.05, 4.69) is 0 Å². The van der Waals surface area contributed by atoms with E-state index in [0.29, 0.717) is 31.3 Å². The van der Waals surface area contributed by atoms with Crippen molar-refractivity contribution in [2.45, 2.75) is 0 Å². The largest absolute Gasteiger partial charge is 0.633 e. The summed E-state index contributed by atoms with van der Waals surface area (Å²) in [7, 11) is 1.68. The fourth-order valence-electron chi connectivity index (χ4n) is 1.29. The number of likely N-dealkylation sites (N-methyl/N-ethyl adjacent to an activating group) is 1. The lowest BCUT2D eigenvalue weighted by Crippen LogP contribution is -2.46. The van der Waals surface area contributed by atoms with Crippen LogP contribution in [0.5, 0.6) is 0 Å². The van der Waals surface area contributed by atoms with Gasteiger partial charge in [-0.1, -0.05) is 11.6 Å². The van der Waals surface area contributed by atoms with E-state index in [1.54, 1.807) is 7.05 Å². The maximum absolute atomic E-state index is 11.0. The van der Waals surface area contributed by atoms with Crippen LogP contribution in [0.1, 0.15) is 0 Å². The molecular formula is C11H15ClN2O4. The average molecular weight is 275 g/mol. The quantitative estimate of drug-likeness (QED) is 0.340. The zero-order valence-corrected chi connectivity index (χ0v) is 10.8. The number of hydroxylamine groups is 3. The van der Waals surface area contributed by atoms with Gasteiger partial charge >= 0.3 is 0 Å². The number of quaternary nitrogens is 1. The molecule has 1 aliphatic heterocycles. The Balaban J connectivity index is 0.000000184. The van der Waals surface area contributed by atoms with Crippen molar-refractivity contribution in [2.75, 3.05) is 33.4 Å². The second kappa shape index (κ2) is 6.65. The summed E-state index contributed by atoms with van der Waals surface area (Å²) in [5.41, 5.74) is 0.0596. The van der Waals surface area contributed by atoms with E-state index in [4.69, 9.17) is 16.3 Å². The van der Waals surface area contributed by atoms with Crippen molar-refractivity contribution in [1.29, 1.82) is 0 Å². The third-order valence-corrected chi connectivity index (χ3v) is 2.71. The second-order valence-corrected chi connectivity index (χ2v) is 4.53. The predicted octanol–water partition coefficient (Wildman–Crippen LogP) is 2.21. The van der Waals surface area contributed by atoms with Crippen LogP contribution >= 0.6 is 11.6 Å². The normalized spacial score (nSPS) is 17.5. The average Bonchev–Trinajstić information content (AvgIpc) is 2.30. The smallest absolute Gasteiger partial charge is 0.269 e. The van der Waals surface area contributed by atoms with Crippen LogP contribution in [0, 0.1) is 15.3 Å². The molecule has 2 rings (SSSR count). The zero-order chi connectivity index (χ0) is 13.6. The zero-order valence-electron chi connectivity index (χ0n) is 10.0. The highest BCUT2D eigenvalue weighted by molar-refractivity contribution is 6.30. The summed E-state index contributed by atoms with van der Waals surface area (Å²) in [6.07, 6.45) is 0. The summed E-state index contributed by atoms with van der Waals surface area (Å²) in [5.74, 6) is 0. The summed E-state index contributed by atoms with van der Waals surface area (Å²) in [6, 6.07) is 5.70. The number of halogens is 1. The van der Waals surface area contributed by atoms with Crippen molar-refractivity contribution in [1.82, 2.24) is 0 Å². The number of ether oxygens (including phenoxy) is 1. The molecule has 0 atom stereocenters. The molecule has 0 aliphatic carbocycles. The molecule has 0 unspecified atom stereocenters. The van der Waals surface area contributed by atoms with Crippen molar-refractivity contribution < 1.29 is 14.3 Å². The molecular weight excluding hydrogens is 260 g/mol. The van der Waals surface area contributed by atoms with Gasteiger partial charge in [-0.3, -0.25) is 10.1 Å². The lowest BCUT2D eigenvalue weighted by molar-refractivity contribution is -0.869. The minimum absolute atomic E-state index is 0.0596. The van der Waals surface area contributed by atoms with Gasteiger partial charge < -0.3 is 14.6 Å². The Hall–Kier alpha value is -1.21. The van der Waals surface area contributed by atoms with Gasteiger partial charge in [0.05, 0.1) is 25.2 Å². The Morgan fingerprint density at radius 1 is 1.28 bits per heavy atom. The topological polar surface area (TPSA) is 75.4 Å². The standard InChI is InChI=1S/C6H4ClNO2.C5H11NO2/c7-5-1-3-6(4-2-5)8(9)10;1-6(7)2-4-8-5-3-6/h1-4H;2-5H2,1H3. The summed E-state index contributed by atoms with van der Waals surface area (Å²) >= 11 is 5.49. The molecule has 1 saturated heterocycles. The highest BCUT2D eigenvalue weighted by atomic mass is 35.5. The van der Waals surface area contributed by atoms with Gasteiger partial charge in [0, 0.05) is 17.2 Å². The van der Waals surface area contributed by atoms with E-state index in [0.717, 1.165) is 0 Å². The number of nitro groups is 1. The Labute approximate surface area is 110 Å². The lowest BCUT2D eigenvalue weighted by atomic mass is 10.3. The minimum Gasteiger partial charge on any atom is -0.633 e. The molecule has 0 amide bonds. The van der Waals surface area contributed by atoms with E-state index in [1.165, 1.54) is 24.3 Å². The van der Waals surface area contributed by atoms with Gasteiger partial charge in [-0.15, -0.1) is 0 Å². The van der Waals surface area contributed by atoms with Gasteiger partial charge in [0.15, 0.2) is 0 Å². The molecule has 1 aliphatic rings. The first-order valence-corrected chi connectivity index (χ1v) is 5.82. The van der Waals surface area contributed by atoms with Crippen LogP contribution in [0.2, 0.25) is 5.02 Å². The number of benzene rings is 1. The van der Waals surface area contributed by atoms with E-state index in [-0.39, 0.29) is 10.3 Å². The molecule has 1 heterocycles. The fraction of sp³-hybridized carbons (Fsp3) is 0.455. The summed E-state index contributed by atoms with van der Waals surface area (Å²) < 4.78 is 4.86. The van der Waals surface area contributed by atoms with Crippen molar-refractivity contribution in [3.8, 4) is 0 Å². The third kappa shape index (κ3) is 5.42. The van der Waals surface area contributed by atoms with Crippen LogP contribution < -0.4 is 0 Å². The molecule has 0 spiro atoms. The highest BCUT2D eigenvalue weighted by Gasteiger charge is 2.13. The highest BCUT2D eigenvalue weighted by Crippen LogP contribution is 2.14. The molecule has 0 saturated carbocycles. The molecule has 0 bridgehead atoms. The monoisotopic (exact) mass is 274 g/mol. The Bertz CT molecular complexity index is 387. The molecule has 6 nitrogen and oxygen atoms in total. The number of hydrogen-bond donors (Lipinski definition) is 0. The number of nitrogens with zero attached hydrogens (tertiary/aromatic N) is 2.